The molecule has 0 spiro atoms. The van der Waals surface area contributed by atoms with Crippen molar-refractivity contribution in [2.45, 2.75) is 37.8 Å². The van der Waals surface area contributed by atoms with Gasteiger partial charge in [0, 0.05) is 22.1 Å². The maximum Gasteiger partial charge on any atom is 0.339 e. The first-order chi connectivity index (χ1) is 14.1. The van der Waals surface area contributed by atoms with Gasteiger partial charge in [0.2, 0.25) is 5.91 Å². The van der Waals surface area contributed by atoms with Gasteiger partial charge < -0.3 is 14.8 Å². The van der Waals surface area contributed by atoms with Gasteiger partial charge in [0.25, 0.3) is 0 Å². The smallest absolute Gasteiger partial charge is 0.339 e. The van der Waals surface area contributed by atoms with Crippen LogP contribution in [0.4, 0.5) is 5.69 Å². The van der Waals surface area contributed by atoms with Gasteiger partial charge in [-0.05, 0) is 31.2 Å². The first-order valence-corrected chi connectivity index (χ1v) is 10.4. The summed E-state index contributed by atoms with van der Waals surface area (Å²) in [6.07, 6.45) is 0. The number of hydrogen-bond acceptors (Lipinski definition) is 6. The molecule has 0 aromatic heterocycles. The van der Waals surface area contributed by atoms with Crippen LogP contribution in [0.5, 0.6) is 5.75 Å². The Morgan fingerprint density at radius 2 is 1.77 bits per heavy atom. The predicted octanol–water partition coefficient (Wildman–Crippen LogP) is 4.59. The van der Waals surface area contributed by atoms with E-state index in [2.05, 4.69) is 5.32 Å². The van der Waals surface area contributed by atoms with Crippen LogP contribution in [0.15, 0.2) is 53.4 Å². The minimum Gasteiger partial charge on any atom is -0.497 e. The first kappa shape index (κ1) is 23.5. The van der Waals surface area contributed by atoms with Crippen LogP contribution < -0.4 is 10.1 Å². The van der Waals surface area contributed by atoms with Crippen LogP contribution in [-0.4, -0.2) is 36.6 Å². The summed E-state index contributed by atoms with van der Waals surface area (Å²) in [5.41, 5.74) is 0.367. The van der Waals surface area contributed by atoms with E-state index in [-0.39, 0.29) is 18.3 Å². The fourth-order valence-corrected chi connectivity index (χ4v) is 3.33. The number of carbonyl (C=O) groups excluding carboxylic acids is 3. The topological polar surface area (TPSA) is 81.7 Å². The van der Waals surface area contributed by atoms with Gasteiger partial charge >= 0.3 is 5.97 Å². The van der Waals surface area contributed by atoms with Crippen LogP contribution in [0.2, 0.25) is 0 Å². The van der Waals surface area contributed by atoms with E-state index in [0.29, 0.717) is 21.9 Å². The molecule has 30 heavy (non-hydrogen) atoms. The van der Waals surface area contributed by atoms with Crippen LogP contribution >= 0.6 is 11.8 Å². The Morgan fingerprint density at radius 1 is 1.07 bits per heavy atom. The molecular weight excluding hydrogens is 402 g/mol. The van der Waals surface area contributed by atoms with Crippen molar-refractivity contribution in [2.24, 2.45) is 5.41 Å². The standard InChI is InChI=1S/C23H27NO5S/c1-15(21(26)24-16-9-8-10-17(13-16)28-5)30-19-12-7-6-11-18(19)22(27)29-14-20(25)23(2,3)4/h6-13,15H,14H2,1-5H3,(H,24,26)/t15-/m1/s1. The summed E-state index contributed by atoms with van der Waals surface area (Å²) in [6, 6.07) is 14.0. The van der Waals surface area contributed by atoms with E-state index in [1.54, 1.807) is 83.3 Å². The lowest BCUT2D eigenvalue weighted by molar-refractivity contribution is -0.129. The summed E-state index contributed by atoms with van der Waals surface area (Å²) in [6.45, 7) is 6.79. The van der Waals surface area contributed by atoms with Crippen molar-refractivity contribution in [3.63, 3.8) is 0 Å². The molecule has 0 saturated heterocycles. The Hall–Kier alpha value is -2.80. The lowest BCUT2D eigenvalue weighted by atomic mass is 9.91. The van der Waals surface area contributed by atoms with Gasteiger partial charge in [0.1, 0.15) is 5.75 Å². The highest BCUT2D eigenvalue weighted by Crippen LogP contribution is 2.29. The molecule has 1 amide bonds. The minimum atomic E-state index is -0.587. The van der Waals surface area contributed by atoms with E-state index in [1.807, 2.05) is 0 Å². The maximum atomic E-state index is 12.6. The van der Waals surface area contributed by atoms with E-state index in [1.165, 1.54) is 11.8 Å². The molecule has 0 aliphatic heterocycles. The van der Waals surface area contributed by atoms with Crippen LogP contribution in [-0.2, 0) is 14.3 Å². The predicted molar refractivity (Wildman–Crippen MR) is 118 cm³/mol. The molecule has 1 atom stereocenters. The van der Waals surface area contributed by atoms with Crippen molar-refractivity contribution in [3.05, 3.63) is 54.1 Å². The normalized spacial score (nSPS) is 12.0. The quantitative estimate of drug-likeness (QED) is 0.488. The summed E-state index contributed by atoms with van der Waals surface area (Å²) in [5.74, 6) is -0.312. The van der Waals surface area contributed by atoms with Crippen LogP contribution in [0.1, 0.15) is 38.1 Å². The molecule has 0 aliphatic rings. The Labute approximate surface area is 181 Å². The second-order valence-electron chi connectivity index (χ2n) is 7.73. The molecule has 6 nitrogen and oxygen atoms in total. The minimum absolute atomic E-state index is 0.160. The van der Waals surface area contributed by atoms with E-state index < -0.39 is 16.6 Å². The zero-order valence-electron chi connectivity index (χ0n) is 17.9. The second-order valence-corrected chi connectivity index (χ2v) is 9.11. The lowest BCUT2D eigenvalue weighted by Gasteiger charge is -2.17. The zero-order valence-corrected chi connectivity index (χ0v) is 18.7. The Bertz CT molecular complexity index is 920. The first-order valence-electron chi connectivity index (χ1n) is 9.53. The number of Topliss-reactive ketones (excluding diaryl/α,β-unsaturated/α-hetero) is 1. The zero-order chi connectivity index (χ0) is 22.3. The summed E-state index contributed by atoms with van der Waals surface area (Å²) < 4.78 is 10.4. The average Bonchev–Trinajstić information content (AvgIpc) is 2.71. The third-order valence-corrected chi connectivity index (χ3v) is 5.47. The number of esters is 1. The number of anilines is 1. The molecule has 160 valence electrons. The summed E-state index contributed by atoms with van der Waals surface area (Å²) in [4.78, 5) is 37.7. The van der Waals surface area contributed by atoms with Crippen LogP contribution in [0.25, 0.3) is 0 Å². The van der Waals surface area contributed by atoms with Gasteiger partial charge in [-0.2, -0.15) is 0 Å². The summed E-state index contributed by atoms with van der Waals surface area (Å²) >= 11 is 1.25. The number of amides is 1. The molecule has 0 fully saturated rings. The number of methoxy groups -OCH3 is 1. The number of ether oxygens (including phenoxy) is 2. The number of nitrogens with one attached hydrogen (secondary N) is 1. The third-order valence-electron chi connectivity index (χ3n) is 4.29. The molecule has 0 radical (unpaired) electrons. The van der Waals surface area contributed by atoms with E-state index in [0.717, 1.165) is 0 Å². The van der Waals surface area contributed by atoms with Crippen LogP contribution in [0, 0.1) is 5.41 Å². The molecule has 7 heteroatoms. The van der Waals surface area contributed by atoms with E-state index in [9.17, 15) is 14.4 Å². The molecule has 0 bridgehead atoms. The number of rotatable bonds is 8. The van der Waals surface area contributed by atoms with Crippen molar-refractivity contribution >= 4 is 35.1 Å². The van der Waals surface area contributed by atoms with Crippen molar-refractivity contribution < 1.29 is 23.9 Å². The molecule has 0 saturated carbocycles. The Morgan fingerprint density at radius 3 is 2.43 bits per heavy atom. The average molecular weight is 430 g/mol. The van der Waals surface area contributed by atoms with Crippen molar-refractivity contribution in [2.75, 3.05) is 19.0 Å². The number of hydrogen-bond donors (Lipinski definition) is 1. The molecule has 2 aromatic rings. The molecule has 0 unspecified atom stereocenters. The monoisotopic (exact) mass is 429 g/mol. The maximum absolute atomic E-state index is 12.6. The second kappa shape index (κ2) is 10.3. The summed E-state index contributed by atoms with van der Waals surface area (Å²) in [7, 11) is 1.56. The molecule has 0 aliphatic carbocycles. The van der Waals surface area contributed by atoms with Crippen molar-refractivity contribution in [1.29, 1.82) is 0 Å². The lowest BCUT2D eigenvalue weighted by Crippen LogP contribution is -2.26. The van der Waals surface area contributed by atoms with Gasteiger partial charge in [-0.25, -0.2) is 4.79 Å². The fraction of sp³-hybridized carbons (Fsp3) is 0.348. The highest BCUT2D eigenvalue weighted by Gasteiger charge is 2.24. The molecular formula is C23H27NO5S. The van der Waals surface area contributed by atoms with Gasteiger partial charge in [0.15, 0.2) is 12.4 Å². The van der Waals surface area contributed by atoms with Crippen molar-refractivity contribution in [3.8, 4) is 5.75 Å². The van der Waals surface area contributed by atoms with E-state index in [4.69, 9.17) is 9.47 Å². The number of benzene rings is 2. The van der Waals surface area contributed by atoms with Gasteiger partial charge in [-0.3, -0.25) is 9.59 Å². The van der Waals surface area contributed by atoms with Gasteiger partial charge in [-0.15, -0.1) is 11.8 Å². The third kappa shape index (κ3) is 6.62. The van der Waals surface area contributed by atoms with Gasteiger partial charge in [-0.1, -0.05) is 39.0 Å². The number of thioether (sulfide) groups is 1. The molecule has 1 N–H and O–H groups in total. The van der Waals surface area contributed by atoms with Gasteiger partial charge in [0.05, 0.1) is 17.9 Å². The van der Waals surface area contributed by atoms with E-state index >= 15 is 0 Å². The largest absolute Gasteiger partial charge is 0.497 e. The molecule has 2 rings (SSSR count). The highest BCUT2D eigenvalue weighted by molar-refractivity contribution is 8.00. The molecule has 0 heterocycles. The Balaban J connectivity index is 2.04. The van der Waals surface area contributed by atoms with Crippen molar-refractivity contribution in [1.82, 2.24) is 0 Å². The number of carbonyl (C=O) groups is 3. The number of ketones is 1. The molecule has 2 aromatic carbocycles. The Kier molecular flexibility index (Phi) is 8.06. The fourth-order valence-electron chi connectivity index (χ4n) is 2.35. The SMILES string of the molecule is COc1cccc(NC(=O)[C@@H](C)Sc2ccccc2C(=O)OCC(=O)C(C)(C)C)c1. The van der Waals surface area contributed by atoms with Crippen LogP contribution in [0.3, 0.4) is 0 Å². The summed E-state index contributed by atoms with van der Waals surface area (Å²) in [5, 5.41) is 2.37. The highest BCUT2D eigenvalue weighted by atomic mass is 32.2.